The van der Waals surface area contributed by atoms with E-state index < -0.39 is 6.10 Å². The highest BCUT2D eigenvalue weighted by molar-refractivity contribution is 5.89. The molecule has 1 amide bonds. The maximum absolute atomic E-state index is 12.0. The van der Waals surface area contributed by atoms with Gasteiger partial charge in [0.2, 0.25) is 0 Å². The van der Waals surface area contributed by atoms with Crippen LogP contribution in [0.3, 0.4) is 0 Å². The summed E-state index contributed by atoms with van der Waals surface area (Å²) in [5.74, 6) is 2.10. The van der Waals surface area contributed by atoms with Crippen LogP contribution in [0.5, 0.6) is 17.2 Å². The van der Waals surface area contributed by atoms with Crippen LogP contribution in [0.1, 0.15) is 6.92 Å². The van der Waals surface area contributed by atoms with E-state index in [9.17, 15) is 4.79 Å². The molecular formula is C23H25NO4. The van der Waals surface area contributed by atoms with Crippen molar-refractivity contribution in [2.75, 3.05) is 28.3 Å². The molecule has 28 heavy (non-hydrogen) atoms. The molecule has 5 nitrogen and oxygen atoms in total. The van der Waals surface area contributed by atoms with Crippen LogP contribution in [-0.2, 0) is 4.79 Å². The SMILES string of the molecule is COc1cc(OC)cc(-c2ccc3cc(OC(C)C(=O)N(C)C)ccc3c2)c1. The fourth-order valence-corrected chi connectivity index (χ4v) is 3.07. The standard InChI is InChI=1S/C23H25NO4/c1-15(23(25)24(2)3)28-20-9-8-16-10-17(6-7-18(16)11-20)19-12-21(26-4)14-22(13-19)27-5/h6-15H,1-5H3. The highest BCUT2D eigenvalue weighted by atomic mass is 16.5. The van der Waals surface area contributed by atoms with E-state index >= 15 is 0 Å². The van der Waals surface area contributed by atoms with Crippen LogP contribution in [0.15, 0.2) is 54.6 Å². The first-order chi connectivity index (χ1) is 13.4. The molecule has 0 N–H and O–H groups in total. The van der Waals surface area contributed by atoms with Crippen LogP contribution in [0.25, 0.3) is 21.9 Å². The summed E-state index contributed by atoms with van der Waals surface area (Å²) in [6.07, 6.45) is -0.532. The molecule has 1 atom stereocenters. The van der Waals surface area contributed by atoms with Gasteiger partial charge in [-0.05, 0) is 59.2 Å². The van der Waals surface area contributed by atoms with E-state index in [-0.39, 0.29) is 5.91 Å². The summed E-state index contributed by atoms with van der Waals surface area (Å²) in [6.45, 7) is 1.76. The van der Waals surface area contributed by atoms with Crippen LogP contribution in [0.4, 0.5) is 0 Å². The van der Waals surface area contributed by atoms with Crippen molar-refractivity contribution >= 4 is 16.7 Å². The lowest BCUT2D eigenvalue weighted by molar-refractivity contribution is -0.135. The summed E-state index contributed by atoms with van der Waals surface area (Å²) in [5.41, 5.74) is 2.08. The minimum atomic E-state index is -0.532. The van der Waals surface area contributed by atoms with Crippen molar-refractivity contribution in [2.24, 2.45) is 0 Å². The third-order valence-electron chi connectivity index (χ3n) is 4.60. The Kier molecular flexibility index (Phi) is 5.73. The molecule has 0 saturated carbocycles. The van der Waals surface area contributed by atoms with Crippen molar-refractivity contribution in [3.05, 3.63) is 54.6 Å². The maximum atomic E-state index is 12.0. The Balaban J connectivity index is 1.90. The van der Waals surface area contributed by atoms with Crippen molar-refractivity contribution < 1.29 is 19.0 Å². The molecule has 0 saturated heterocycles. The first-order valence-corrected chi connectivity index (χ1v) is 9.06. The summed E-state index contributed by atoms with van der Waals surface area (Å²) in [7, 11) is 6.72. The van der Waals surface area contributed by atoms with Gasteiger partial charge in [-0.25, -0.2) is 0 Å². The van der Waals surface area contributed by atoms with E-state index in [0.717, 1.165) is 33.4 Å². The molecule has 0 radical (unpaired) electrons. The monoisotopic (exact) mass is 379 g/mol. The van der Waals surface area contributed by atoms with E-state index in [1.807, 2.05) is 42.5 Å². The Morgan fingerprint density at radius 1 is 0.786 bits per heavy atom. The lowest BCUT2D eigenvalue weighted by Crippen LogP contribution is -2.35. The first-order valence-electron chi connectivity index (χ1n) is 9.06. The molecule has 0 aliphatic heterocycles. The average Bonchev–Trinajstić information content (AvgIpc) is 2.72. The molecular weight excluding hydrogens is 354 g/mol. The average molecular weight is 379 g/mol. The van der Waals surface area contributed by atoms with Gasteiger partial charge in [-0.3, -0.25) is 4.79 Å². The number of ether oxygens (including phenoxy) is 3. The molecule has 3 rings (SSSR count). The van der Waals surface area contributed by atoms with Crippen LogP contribution >= 0.6 is 0 Å². The Morgan fingerprint density at radius 2 is 1.39 bits per heavy atom. The van der Waals surface area contributed by atoms with Crippen LogP contribution in [0.2, 0.25) is 0 Å². The maximum Gasteiger partial charge on any atom is 0.262 e. The second-order valence-electron chi connectivity index (χ2n) is 6.82. The van der Waals surface area contributed by atoms with Gasteiger partial charge in [-0.2, -0.15) is 0 Å². The second kappa shape index (κ2) is 8.21. The quantitative estimate of drug-likeness (QED) is 0.638. The summed E-state index contributed by atoms with van der Waals surface area (Å²) in [4.78, 5) is 13.5. The lowest BCUT2D eigenvalue weighted by atomic mass is 10.0. The van der Waals surface area contributed by atoms with Gasteiger partial charge in [0.05, 0.1) is 14.2 Å². The largest absolute Gasteiger partial charge is 0.497 e. The van der Waals surface area contributed by atoms with Crippen molar-refractivity contribution in [3.63, 3.8) is 0 Å². The van der Waals surface area contributed by atoms with E-state index in [2.05, 4.69) is 12.1 Å². The van der Waals surface area contributed by atoms with E-state index in [0.29, 0.717) is 5.75 Å². The fourth-order valence-electron chi connectivity index (χ4n) is 3.07. The second-order valence-corrected chi connectivity index (χ2v) is 6.82. The zero-order valence-corrected chi connectivity index (χ0v) is 16.9. The molecule has 0 bridgehead atoms. The number of nitrogens with zero attached hydrogens (tertiary/aromatic N) is 1. The Bertz CT molecular complexity index is 975. The van der Waals surface area contributed by atoms with Gasteiger partial charge in [0.25, 0.3) is 5.91 Å². The smallest absolute Gasteiger partial charge is 0.262 e. The van der Waals surface area contributed by atoms with E-state index in [1.54, 1.807) is 35.2 Å². The number of carbonyl (C=O) groups is 1. The first kappa shape index (κ1) is 19.5. The van der Waals surface area contributed by atoms with E-state index in [4.69, 9.17) is 14.2 Å². The van der Waals surface area contributed by atoms with Gasteiger partial charge < -0.3 is 19.1 Å². The third kappa shape index (κ3) is 4.19. The minimum absolute atomic E-state index is 0.0672. The molecule has 3 aromatic carbocycles. The normalized spacial score (nSPS) is 11.8. The lowest BCUT2D eigenvalue weighted by Gasteiger charge is -2.18. The van der Waals surface area contributed by atoms with Gasteiger partial charge in [-0.15, -0.1) is 0 Å². The predicted molar refractivity (Wildman–Crippen MR) is 111 cm³/mol. The number of benzene rings is 3. The molecule has 146 valence electrons. The topological polar surface area (TPSA) is 48.0 Å². The van der Waals surface area contributed by atoms with Gasteiger partial charge in [0.15, 0.2) is 6.10 Å². The Morgan fingerprint density at radius 3 is 2.00 bits per heavy atom. The zero-order chi connectivity index (χ0) is 20.3. The Labute approximate surface area is 165 Å². The highest BCUT2D eigenvalue weighted by Crippen LogP contribution is 2.32. The summed E-state index contributed by atoms with van der Waals surface area (Å²) in [5, 5.41) is 2.12. The molecule has 0 heterocycles. The number of fused-ring (bicyclic) bond motifs is 1. The number of carbonyl (C=O) groups excluding carboxylic acids is 1. The minimum Gasteiger partial charge on any atom is -0.497 e. The number of rotatable bonds is 6. The summed E-state index contributed by atoms with van der Waals surface area (Å²) < 4.78 is 16.5. The van der Waals surface area contributed by atoms with Crippen LogP contribution < -0.4 is 14.2 Å². The summed E-state index contributed by atoms with van der Waals surface area (Å²) in [6, 6.07) is 17.9. The molecule has 0 spiro atoms. The Hall–Kier alpha value is -3.21. The van der Waals surface area contributed by atoms with Gasteiger partial charge in [0.1, 0.15) is 17.2 Å². The van der Waals surface area contributed by atoms with Crippen LogP contribution in [0, 0.1) is 0 Å². The molecule has 0 aliphatic rings. The highest BCUT2D eigenvalue weighted by Gasteiger charge is 2.16. The van der Waals surface area contributed by atoms with E-state index in [1.165, 1.54) is 4.90 Å². The molecule has 5 heteroatoms. The van der Waals surface area contributed by atoms with Crippen molar-refractivity contribution in [3.8, 4) is 28.4 Å². The molecule has 0 aliphatic carbocycles. The number of methoxy groups -OCH3 is 2. The molecule has 3 aromatic rings. The number of hydrogen-bond donors (Lipinski definition) is 0. The van der Waals surface area contributed by atoms with Gasteiger partial charge >= 0.3 is 0 Å². The van der Waals surface area contributed by atoms with Crippen molar-refractivity contribution in [1.29, 1.82) is 0 Å². The zero-order valence-electron chi connectivity index (χ0n) is 16.9. The van der Waals surface area contributed by atoms with Gasteiger partial charge in [-0.1, -0.05) is 18.2 Å². The van der Waals surface area contributed by atoms with Gasteiger partial charge in [0, 0.05) is 20.2 Å². The number of likely N-dealkylation sites (N-methyl/N-ethyl adjacent to an activating group) is 1. The molecule has 0 fully saturated rings. The number of hydrogen-bond acceptors (Lipinski definition) is 4. The number of amides is 1. The summed E-state index contributed by atoms with van der Waals surface area (Å²) >= 11 is 0. The molecule has 0 aromatic heterocycles. The van der Waals surface area contributed by atoms with Crippen molar-refractivity contribution in [1.82, 2.24) is 4.90 Å². The van der Waals surface area contributed by atoms with Crippen LogP contribution in [-0.4, -0.2) is 45.2 Å². The fraction of sp³-hybridized carbons (Fsp3) is 0.261. The van der Waals surface area contributed by atoms with Crippen molar-refractivity contribution in [2.45, 2.75) is 13.0 Å². The molecule has 1 unspecified atom stereocenters. The third-order valence-corrected chi connectivity index (χ3v) is 4.60. The predicted octanol–water partition coefficient (Wildman–Crippen LogP) is 4.38.